The molecule has 0 spiro atoms. The van der Waals surface area contributed by atoms with Gasteiger partial charge in [-0.1, -0.05) is 62.9 Å². The zero-order valence-corrected chi connectivity index (χ0v) is 12.7. The van der Waals surface area contributed by atoms with Gasteiger partial charge < -0.3 is 10.1 Å². The quantitative estimate of drug-likeness (QED) is 0.521. The number of benzene rings is 1. The SMILES string of the molecule is CCCCCCCN[C@H](C(=O)OCC)c1ccccc1. The second-order valence-electron chi connectivity index (χ2n) is 4.96. The molecule has 0 aliphatic rings. The molecule has 0 aromatic heterocycles. The Morgan fingerprint density at radius 2 is 1.80 bits per heavy atom. The van der Waals surface area contributed by atoms with E-state index in [0.717, 1.165) is 18.5 Å². The second kappa shape index (κ2) is 10.4. The van der Waals surface area contributed by atoms with Gasteiger partial charge in [-0.3, -0.25) is 0 Å². The van der Waals surface area contributed by atoms with E-state index >= 15 is 0 Å². The predicted molar refractivity (Wildman–Crippen MR) is 82.6 cm³/mol. The third-order valence-corrected chi connectivity index (χ3v) is 3.28. The van der Waals surface area contributed by atoms with Gasteiger partial charge in [0.25, 0.3) is 0 Å². The Morgan fingerprint density at radius 3 is 2.45 bits per heavy atom. The summed E-state index contributed by atoms with van der Waals surface area (Å²) in [5.74, 6) is -0.188. The van der Waals surface area contributed by atoms with Crippen LogP contribution in [0.2, 0.25) is 0 Å². The van der Waals surface area contributed by atoms with Crippen molar-refractivity contribution in [2.45, 2.75) is 52.0 Å². The van der Waals surface area contributed by atoms with E-state index in [1.54, 1.807) is 0 Å². The average Bonchev–Trinajstić information content (AvgIpc) is 2.47. The van der Waals surface area contributed by atoms with Crippen LogP contribution in [0, 0.1) is 0 Å². The molecule has 1 rings (SSSR count). The lowest BCUT2D eigenvalue weighted by Gasteiger charge is -2.17. The molecule has 1 atom stereocenters. The largest absolute Gasteiger partial charge is 0.465 e. The van der Waals surface area contributed by atoms with Crippen molar-refractivity contribution in [3.8, 4) is 0 Å². The minimum atomic E-state index is -0.345. The smallest absolute Gasteiger partial charge is 0.327 e. The topological polar surface area (TPSA) is 38.3 Å². The van der Waals surface area contributed by atoms with Gasteiger partial charge in [-0.05, 0) is 25.5 Å². The van der Waals surface area contributed by atoms with Gasteiger partial charge in [-0.2, -0.15) is 0 Å². The van der Waals surface area contributed by atoms with Gasteiger partial charge >= 0.3 is 5.97 Å². The molecule has 0 saturated heterocycles. The predicted octanol–water partition coefficient (Wildman–Crippen LogP) is 3.85. The van der Waals surface area contributed by atoms with Crippen LogP contribution < -0.4 is 5.32 Å². The molecule has 1 N–H and O–H groups in total. The summed E-state index contributed by atoms with van der Waals surface area (Å²) in [5, 5.41) is 3.32. The van der Waals surface area contributed by atoms with E-state index in [4.69, 9.17) is 4.74 Å². The Hall–Kier alpha value is -1.35. The molecule has 0 saturated carbocycles. The molecule has 112 valence electrons. The first-order valence-electron chi connectivity index (χ1n) is 7.74. The molecule has 0 bridgehead atoms. The summed E-state index contributed by atoms with van der Waals surface area (Å²) >= 11 is 0. The summed E-state index contributed by atoms with van der Waals surface area (Å²) < 4.78 is 5.15. The lowest BCUT2D eigenvalue weighted by atomic mass is 10.1. The molecular formula is C17H27NO2. The van der Waals surface area contributed by atoms with Crippen molar-refractivity contribution in [3.05, 3.63) is 35.9 Å². The molecule has 0 radical (unpaired) electrons. The van der Waals surface area contributed by atoms with Crippen molar-refractivity contribution < 1.29 is 9.53 Å². The fraction of sp³-hybridized carbons (Fsp3) is 0.588. The van der Waals surface area contributed by atoms with Crippen LogP contribution >= 0.6 is 0 Å². The van der Waals surface area contributed by atoms with E-state index in [1.807, 2.05) is 37.3 Å². The normalized spacial score (nSPS) is 12.1. The van der Waals surface area contributed by atoms with E-state index in [0.29, 0.717) is 6.61 Å². The number of carbonyl (C=O) groups excluding carboxylic acids is 1. The van der Waals surface area contributed by atoms with E-state index in [1.165, 1.54) is 25.7 Å². The van der Waals surface area contributed by atoms with Crippen molar-refractivity contribution in [1.82, 2.24) is 5.32 Å². The van der Waals surface area contributed by atoms with Crippen molar-refractivity contribution in [2.24, 2.45) is 0 Å². The molecular weight excluding hydrogens is 250 g/mol. The van der Waals surface area contributed by atoms with Crippen LogP contribution in [-0.4, -0.2) is 19.1 Å². The third-order valence-electron chi connectivity index (χ3n) is 3.28. The van der Waals surface area contributed by atoms with Crippen LogP contribution in [0.1, 0.15) is 57.6 Å². The van der Waals surface area contributed by atoms with Gasteiger partial charge in [0.1, 0.15) is 6.04 Å². The van der Waals surface area contributed by atoms with Gasteiger partial charge in [0, 0.05) is 0 Å². The first-order valence-corrected chi connectivity index (χ1v) is 7.74. The van der Waals surface area contributed by atoms with Crippen LogP contribution in [0.15, 0.2) is 30.3 Å². The summed E-state index contributed by atoms with van der Waals surface area (Å²) in [6, 6.07) is 9.44. The van der Waals surface area contributed by atoms with E-state index in [9.17, 15) is 4.79 Å². The second-order valence-corrected chi connectivity index (χ2v) is 4.96. The molecule has 1 aromatic carbocycles. The van der Waals surface area contributed by atoms with Gasteiger partial charge in [0.15, 0.2) is 0 Å². The van der Waals surface area contributed by atoms with Crippen LogP contribution in [-0.2, 0) is 9.53 Å². The average molecular weight is 277 g/mol. The van der Waals surface area contributed by atoms with Crippen LogP contribution in [0.3, 0.4) is 0 Å². The lowest BCUT2D eigenvalue weighted by molar-refractivity contribution is -0.145. The fourth-order valence-electron chi connectivity index (χ4n) is 2.18. The third kappa shape index (κ3) is 6.20. The molecule has 0 heterocycles. The number of carbonyl (C=O) groups is 1. The molecule has 1 aromatic rings. The first-order chi connectivity index (χ1) is 9.79. The Morgan fingerprint density at radius 1 is 1.10 bits per heavy atom. The Bertz CT molecular complexity index is 365. The maximum atomic E-state index is 12.0. The van der Waals surface area contributed by atoms with E-state index in [-0.39, 0.29) is 12.0 Å². The highest BCUT2D eigenvalue weighted by atomic mass is 16.5. The zero-order chi connectivity index (χ0) is 14.6. The Kier molecular flexibility index (Phi) is 8.72. The van der Waals surface area contributed by atoms with Crippen molar-refractivity contribution in [3.63, 3.8) is 0 Å². The molecule has 0 amide bonds. The van der Waals surface area contributed by atoms with Crippen LogP contribution in [0.5, 0.6) is 0 Å². The number of unbranched alkanes of at least 4 members (excludes halogenated alkanes) is 4. The summed E-state index contributed by atoms with van der Waals surface area (Å²) in [6.45, 7) is 5.32. The molecule has 0 aliphatic carbocycles. The Labute approximate surface area is 122 Å². The van der Waals surface area contributed by atoms with Crippen molar-refractivity contribution >= 4 is 5.97 Å². The summed E-state index contributed by atoms with van der Waals surface area (Å²) in [5.41, 5.74) is 0.972. The molecule has 0 aliphatic heterocycles. The number of esters is 1. The van der Waals surface area contributed by atoms with Gasteiger partial charge in [-0.15, -0.1) is 0 Å². The maximum Gasteiger partial charge on any atom is 0.327 e. The van der Waals surface area contributed by atoms with Gasteiger partial charge in [0.2, 0.25) is 0 Å². The summed E-state index contributed by atoms with van der Waals surface area (Å²) in [4.78, 5) is 12.0. The highest BCUT2D eigenvalue weighted by molar-refractivity contribution is 5.77. The number of ether oxygens (including phenoxy) is 1. The zero-order valence-electron chi connectivity index (χ0n) is 12.7. The Balaban J connectivity index is 2.45. The molecule has 3 nitrogen and oxygen atoms in total. The van der Waals surface area contributed by atoms with Crippen molar-refractivity contribution in [2.75, 3.05) is 13.2 Å². The standard InChI is InChI=1S/C17H27NO2/c1-3-5-6-7-11-14-18-16(17(19)20-4-2)15-12-9-8-10-13-15/h8-10,12-13,16,18H,3-7,11,14H2,1-2H3/t16-/m0/s1. The van der Waals surface area contributed by atoms with Gasteiger partial charge in [0.05, 0.1) is 6.61 Å². The highest BCUT2D eigenvalue weighted by Gasteiger charge is 2.20. The first kappa shape index (κ1) is 16.7. The number of rotatable bonds is 10. The van der Waals surface area contributed by atoms with E-state index < -0.39 is 0 Å². The number of hydrogen-bond acceptors (Lipinski definition) is 3. The molecule has 0 unspecified atom stereocenters. The van der Waals surface area contributed by atoms with Gasteiger partial charge in [-0.25, -0.2) is 4.79 Å². The van der Waals surface area contributed by atoms with Crippen LogP contribution in [0.25, 0.3) is 0 Å². The van der Waals surface area contributed by atoms with Crippen LogP contribution in [0.4, 0.5) is 0 Å². The monoisotopic (exact) mass is 277 g/mol. The number of hydrogen-bond donors (Lipinski definition) is 1. The molecule has 20 heavy (non-hydrogen) atoms. The highest BCUT2D eigenvalue weighted by Crippen LogP contribution is 2.14. The molecule has 0 fully saturated rings. The van der Waals surface area contributed by atoms with E-state index in [2.05, 4.69) is 12.2 Å². The summed E-state index contributed by atoms with van der Waals surface area (Å²) in [6.07, 6.45) is 6.13. The fourth-order valence-corrected chi connectivity index (χ4v) is 2.18. The minimum Gasteiger partial charge on any atom is -0.465 e. The maximum absolute atomic E-state index is 12.0. The molecule has 3 heteroatoms. The minimum absolute atomic E-state index is 0.188. The van der Waals surface area contributed by atoms with Crippen molar-refractivity contribution in [1.29, 1.82) is 0 Å². The summed E-state index contributed by atoms with van der Waals surface area (Å²) in [7, 11) is 0. The number of nitrogens with one attached hydrogen (secondary N) is 1. The lowest BCUT2D eigenvalue weighted by Crippen LogP contribution is -2.31.